The van der Waals surface area contributed by atoms with Gasteiger partial charge in [0.1, 0.15) is 0 Å². The van der Waals surface area contributed by atoms with Crippen LogP contribution in [0.1, 0.15) is 64.7 Å². The summed E-state index contributed by atoms with van der Waals surface area (Å²) < 4.78 is 4.64. The summed E-state index contributed by atoms with van der Waals surface area (Å²) in [6, 6.07) is 0.271. The van der Waals surface area contributed by atoms with Crippen LogP contribution >= 0.6 is 24.0 Å². The van der Waals surface area contributed by atoms with Crippen molar-refractivity contribution in [3.8, 4) is 0 Å². The van der Waals surface area contributed by atoms with Crippen LogP contribution in [0.2, 0.25) is 0 Å². The second-order valence-electron chi connectivity index (χ2n) is 7.54. The second-order valence-corrected chi connectivity index (χ2v) is 7.54. The Labute approximate surface area is 186 Å². The average molecular weight is 508 g/mol. The molecule has 0 spiro atoms. The number of halogens is 1. The van der Waals surface area contributed by atoms with Gasteiger partial charge in [0, 0.05) is 44.6 Å². The molecule has 0 aromatic heterocycles. The molecule has 1 unspecified atom stereocenters. The third-order valence-electron chi connectivity index (χ3n) is 5.43. The number of hydrogen-bond acceptors (Lipinski definition) is 4. The van der Waals surface area contributed by atoms with Crippen molar-refractivity contribution in [2.75, 3.05) is 33.3 Å². The SMILES string of the molecule is CCNC(=NCCCCCC(=O)OC)NC1CCN(C(=O)C2CCCC2)C1.I. The molecule has 0 aromatic carbocycles. The molecule has 2 N–H and O–H groups in total. The fourth-order valence-electron chi connectivity index (χ4n) is 3.87. The second kappa shape index (κ2) is 14.0. The highest BCUT2D eigenvalue weighted by molar-refractivity contribution is 14.0. The number of amides is 1. The maximum atomic E-state index is 12.6. The number of hydrogen-bond donors (Lipinski definition) is 2. The molecule has 8 heteroatoms. The normalized spacial score (nSPS) is 20.0. The van der Waals surface area contributed by atoms with Crippen molar-refractivity contribution < 1.29 is 14.3 Å². The molecule has 7 nitrogen and oxygen atoms in total. The Morgan fingerprint density at radius 2 is 1.89 bits per heavy atom. The van der Waals surface area contributed by atoms with Crippen LogP contribution in [0.3, 0.4) is 0 Å². The fraction of sp³-hybridized carbons (Fsp3) is 0.850. The standard InChI is InChI=1S/C20H36N4O3.HI/c1-3-21-20(22-13-8-4-5-11-18(25)27-2)23-17-12-14-24(15-17)19(26)16-9-6-7-10-16;/h16-17H,3-15H2,1-2H3,(H2,21,22,23);1H. The first-order valence-electron chi connectivity index (χ1n) is 10.5. The zero-order chi connectivity index (χ0) is 19.5. The van der Waals surface area contributed by atoms with E-state index in [0.29, 0.717) is 12.3 Å². The van der Waals surface area contributed by atoms with Crippen LogP contribution < -0.4 is 10.6 Å². The van der Waals surface area contributed by atoms with Crippen LogP contribution in [0.15, 0.2) is 4.99 Å². The predicted octanol–water partition coefficient (Wildman–Crippen LogP) is 2.68. The van der Waals surface area contributed by atoms with E-state index in [1.807, 2.05) is 4.90 Å². The summed E-state index contributed by atoms with van der Waals surface area (Å²) in [6.45, 7) is 5.22. The van der Waals surface area contributed by atoms with E-state index in [0.717, 1.165) is 70.7 Å². The number of nitrogens with one attached hydrogen (secondary N) is 2. The maximum Gasteiger partial charge on any atom is 0.305 e. The molecule has 28 heavy (non-hydrogen) atoms. The van der Waals surface area contributed by atoms with Gasteiger partial charge in [0.05, 0.1) is 7.11 Å². The van der Waals surface area contributed by atoms with Crippen molar-refractivity contribution in [3.05, 3.63) is 0 Å². The first kappa shape index (κ1) is 25.0. The lowest BCUT2D eigenvalue weighted by Crippen LogP contribution is -2.45. The van der Waals surface area contributed by atoms with E-state index in [1.54, 1.807) is 0 Å². The van der Waals surface area contributed by atoms with Crippen LogP contribution in [-0.4, -0.2) is 62.1 Å². The first-order valence-corrected chi connectivity index (χ1v) is 10.5. The summed E-state index contributed by atoms with van der Waals surface area (Å²) in [4.78, 5) is 30.3. The number of guanidine groups is 1. The Hall–Kier alpha value is -1.06. The van der Waals surface area contributed by atoms with Gasteiger partial charge in [-0.25, -0.2) is 0 Å². The number of carbonyl (C=O) groups excluding carboxylic acids is 2. The quantitative estimate of drug-likeness (QED) is 0.165. The predicted molar refractivity (Wildman–Crippen MR) is 122 cm³/mol. The van der Waals surface area contributed by atoms with Gasteiger partial charge in [-0.3, -0.25) is 14.6 Å². The van der Waals surface area contributed by atoms with Gasteiger partial charge in [-0.2, -0.15) is 0 Å². The lowest BCUT2D eigenvalue weighted by molar-refractivity contribution is -0.140. The lowest BCUT2D eigenvalue weighted by Gasteiger charge is -2.21. The molecule has 0 aromatic rings. The van der Waals surface area contributed by atoms with E-state index < -0.39 is 0 Å². The van der Waals surface area contributed by atoms with Crippen molar-refractivity contribution in [1.29, 1.82) is 0 Å². The maximum absolute atomic E-state index is 12.6. The third kappa shape index (κ3) is 8.53. The van der Waals surface area contributed by atoms with E-state index in [-0.39, 0.29) is 41.9 Å². The molecule has 1 saturated heterocycles. The third-order valence-corrected chi connectivity index (χ3v) is 5.43. The minimum atomic E-state index is -0.147. The molecule has 2 aliphatic rings. The topological polar surface area (TPSA) is 83.0 Å². The minimum Gasteiger partial charge on any atom is -0.469 e. The minimum absolute atomic E-state index is 0. The first-order chi connectivity index (χ1) is 13.1. The molecule has 1 aliphatic carbocycles. The average Bonchev–Trinajstić information content (AvgIpc) is 3.36. The van der Waals surface area contributed by atoms with Crippen LogP contribution in [0.5, 0.6) is 0 Å². The summed E-state index contributed by atoms with van der Waals surface area (Å²) in [5.41, 5.74) is 0. The highest BCUT2D eigenvalue weighted by atomic mass is 127. The molecular weight excluding hydrogens is 471 g/mol. The highest BCUT2D eigenvalue weighted by Crippen LogP contribution is 2.27. The molecule has 2 rings (SSSR count). The van der Waals surface area contributed by atoms with Gasteiger partial charge >= 0.3 is 5.97 Å². The lowest BCUT2D eigenvalue weighted by atomic mass is 10.1. The number of esters is 1. The molecular formula is C20H37IN4O3. The largest absolute Gasteiger partial charge is 0.469 e. The number of rotatable bonds is 9. The molecule has 1 amide bonds. The van der Waals surface area contributed by atoms with Gasteiger partial charge in [-0.1, -0.05) is 19.3 Å². The van der Waals surface area contributed by atoms with Crippen molar-refractivity contribution in [2.45, 2.75) is 70.8 Å². The molecule has 1 atom stereocenters. The van der Waals surface area contributed by atoms with Gasteiger partial charge in [-0.15, -0.1) is 24.0 Å². The van der Waals surface area contributed by atoms with Crippen molar-refractivity contribution >= 4 is 41.8 Å². The number of unbranched alkanes of at least 4 members (excludes halogenated alkanes) is 2. The molecule has 1 heterocycles. The summed E-state index contributed by atoms with van der Waals surface area (Å²) >= 11 is 0. The van der Waals surface area contributed by atoms with Crippen LogP contribution in [-0.2, 0) is 14.3 Å². The summed E-state index contributed by atoms with van der Waals surface area (Å²) in [5.74, 6) is 1.29. The number of aliphatic imine (C=N–C) groups is 1. The Morgan fingerprint density at radius 1 is 1.14 bits per heavy atom. The van der Waals surface area contributed by atoms with Gasteiger partial charge < -0.3 is 20.3 Å². The molecule has 0 bridgehead atoms. The van der Waals surface area contributed by atoms with Gasteiger partial charge in [0.2, 0.25) is 5.91 Å². The molecule has 162 valence electrons. The zero-order valence-electron chi connectivity index (χ0n) is 17.4. The van der Waals surface area contributed by atoms with Crippen molar-refractivity contribution in [3.63, 3.8) is 0 Å². The van der Waals surface area contributed by atoms with Crippen molar-refractivity contribution in [1.82, 2.24) is 15.5 Å². The summed E-state index contributed by atoms with van der Waals surface area (Å²) in [5, 5.41) is 6.77. The Bertz CT molecular complexity index is 510. The van der Waals surface area contributed by atoms with Crippen LogP contribution in [0.4, 0.5) is 0 Å². The van der Waals surface area contributed by atoms with Gasteiger partial charge in [0.15, 0.2) is 5.96 Å². The van der Waals surface area contributed by atoms with Crippen LogP contribution in [0, 0.1) is 5.92 Å². The smallest absolute Gasteiger partial charge is 0.305 e. The fourth-order valence-corrected chi connectivity index (χ4v) is 3.87. The van der Waals surface area contributed by atoms with Crippen LogP contribution in [0.25, 0.3) is 0 Å². The van der Waals surface area contributed by atoms with E-state index in [2.05, 4.69) is 27.3 Å². The number of likely N-dealkylation sites (tertiary alicyclic amines) is 1. The van der Waals surface area contributed by atoms with Gasteiger partial charge in [-0.05, 0) is 39.0 Å². The number of ether oxygens (including phenoxy) is 1. The van der Waals surface area contributed by atoms with E-state index in [4.69, 9.17) is 0 Å². The Morgan fingerprint density at radius 3 is 2.57 bits per heavy atom. The molecule has 1 aliphatic heterocycles. The Balaban J connectivity index is 0.00000392. The number of carbonyl (C=O) groups is 2. The highest BCUT2D eigenvalue weighted by Gasteiger charge is 2.32. The summed E-state index contributed by atoms with van der Waals surface area (Å²) in [7, 11) is 1.42. The van der Waals surface area contributed by atoms with E-state index in [1.165, 1.54) is 20.0 Å². The number of nitrogens with zero attached hydrogens (tertiary/aromatic N) is 2. The monoisotopic (exact) mass is 508 g/mol. The summed E-state index contributed by atoms with van der Waals surface area (Å²) in [6.07, 6.45) is 8.72. The Kier molecular flexibility index (Phi) is 12.5. The van der Waals surface area contributed by atoms with E-state index in [9.17, 15) is 9.59 Å². The zero-order valence-corrected chi connectivity index (χ0v) is 19.7. The molecule has 1 saturated carbocycles. The molecule has 0 radical (unpaired) electrons. The van der Waals surface area contributed by atoms with Crippen molar-refractivity contribution in [2.24, 2.45) is 10.9 Å². The van der Waals surface area contributed by atoms with E-state index >= 15 is 0 Å². The van der Waals surface area contributed by atoms with Gasteiger partial charge in [0.25, 0.3) is 0 Å². The molecule has 2 fully saturated rings. The number of methoxy groups -OCH3 is 1.